The first-order chi connectivity index (χ1) is 8.89. The van der Waals surface area contributed by atoms with E-state index in [1.165, 1.54) is 15.9 Å². The predicted molar refractivity (Wildman–Crippen MR) is 80.9 cm³/mol. The molecule has 0 unspecified atom stereocenters. The number of rotatable bonds is 5. The summed E-state index contributed by atoms with van der Waals surface area (Å²) < 4.78 is 1.38. The van der Waals surface area contributed by atoms with E-state index in [-0.39, 0.29) is 11.1 Å². The van der Waals surface area contributed by atoms with Crippen molar-refractivity contribution in [2.24, 2.45) is 5.73 Å². The monoisotopic (exact) mass is 298 g/mol. The normalized spacial score (nSPS) is 12.2. The Balaban J connectivity index is 2.18. The number of nitrogens with zero attached hydrogens (tertiary/aromatic N) is 3. The molecule has 0 aromatic carbocycles. The highest BCUT2D eigenvalue weighted by Crippen LogP contribution is 2.17. The molecule has 0 aliphatic carbocycles. The average Bonchev–Trinajstić information content (AvgIpc) is 2.71. The predicted octanol–water partition coefficient (Wildman–Crippen LogP) is 1.68. The van der Waals surface area contributed by atoms with Crippen LogP contribution in [0.4, 0.5) is 0 Å². The molecule has 0 spiro atoms. The summed E-state index contributed by atoms with van der Waals surface area (Å²) in [4.78, 5) is 17.1. The molecule has 0 fully saturated rings. The highest BCUT2D eigenvalue weighted by Gasteiger charge is 2.12. The summed E-state index contributed by atoms with van der Waals surface area (Å²) in [5, 5.41) is 5.15. The van der Waals surface area contributed by atoms with Crippen molar-refractivity contribution >= 4 is 28.1 Å². The van der Waals surface area contributed by atoms with Crippen LogP contribution in [-0.4, -0.2) is 25.9 Å². The van der Waals surface area contributed by atoms with Gasteiger partial charge in [0.05, 0.1) is 5.69 Å². The minimum atomic E-state index is -0.205. The quantitative estimate of drug-likeness (QED) is 0.909. The number of hydrogen-bond donors (Lipinski definition) is 1. The molecule has 2 aromatic rings. The van der Waals surface area contributed by atoms with Gasteiger partial charge in [0.25, 0.3) is 5.56 Å². The summed E-state index contributed by atoms with van der Waals surface area (Å²) >= 11 is 3.16. The Morgan fingerprint density at radius 3 is 2.89 bits per heavy atom. The topological polar surface area (TPSA) is 73.3 Å². The van der Waals surface area contributed by atoms with Gasteiger partial charge in [-0.1, -0.05) is 18.3 Å². The van der Waals surface area contributed by atoms with Crippen molar-refractivity contribution in [2.45, 2.75) is 38.5 Å². The zero-order valence-electron chi connectivity index (χ0n) is 11.3. The van der Waals surface area contributed by atoms with E-state index in [1.54, 1.807) is 17.8 Å². The Morgan fingerprint density at radius 2 is 2.26 bits per heavy atom. The Hall–Kier alpha value is -0.920. The summed E-state index contributed by atoms with van der Waals surface area (Å²) in [6.07, 6.45) is 0.818. The second-order valence-electron chi connectivity index (χ2n) is 5.11. The van der Waals surface area contributed by atoms with Crippen LogP contribution < -0.4 is 11.3 Å². The first kappa shape index (κ1) is 14.5. The smallest absolute Gasteiger partial charge is 0.275 e. The van der Waals surface area contributed by atoms with Crippen molar-refractivity contribution in [3.63, 3.8) is 0 Å². The molecule has 19 heavy (non-hydrogen) atoms. The number of thioether (sulfide) groups is 1. The molecule has 0 bridgehead atoms. The van der Waals surface area contributed by atoms with Crippen LogP contribution >= 0.6 is 23.1 Å². The highest BCUT2D eigenvalue weighted by atomic mass is 32.2. The maximum atomic E-state index is 11.9. The molecule has 0 aliphatic rings. The number of nitrogens with two attached hydrogens (primary N) is 1. The number of aryl methyl sites for hydroxylation is 1. The van der Waals surface area contributed by atoms with E-state index >= 15 is 0 Å². The van der Waals surface area contributed by atoms with Crippen LogP contribution in [0.2, 0.25) is 0 Å². The van der Waals surface area contributed by atoms with E-state index in [1.807, 2.05) is 20.8 Å². The van der Waals surface area contributed by atoms with Gasteiger partial charge in [-0.15, -0.1) is 0 Å². The molecule has 0 aliphatic heterocycles. The van der Waals surface area contributed by atoms with Crippen LogP contribution in [-0.2, 0) is 12.2 Å². The van der Waals surface area contributed by atoms with Gasteiger partial charge >= 0.3 is 0 Å². The maximum Gasteiger partial charge on any atom is 0.275 e. The zero-order valence-corrected chi connectivity index (χ0v) is 13.0. The van der Waals surface area contributed by atoms with Crippen LogP contribution in [0.15, 0.2) is 10.9 Å². The summed E-state index contributed by atoms with van der Waals surface area (Å²) in [6, 6.07) is 1.56. The fraction of sp³-hybridized carbons (Fsp3) is 0.583. The maximum absolute atomic E-state index is 11.9. The fourth-order valence-electron chi connectivity index (χ4n) is 1.53. The van der Waals surface area contributed by atoms with Gasteiger partial charge in [0.1, 0.15) is 5.01 Å². The molecule has 2 N–H and O–H groups in total. The Labute approximate surface area is 120 Å². The van der Waals surface area contributed by atoms with Gasteiger partial charge in [0.15, 0.2) is 0 Å². The third-order valence-electron chi connectivity index (χ3n) is 2.37. The van der Waals surface area contributed by atoms with E-state index in [0.29, 0.717) is 10.7 Å². The Bertz CT molecular complexity index is 627. The second kappa shape index (κ2) is 5.60. The van der Waals surface area contributed by atoms with Crippen LogP contribution in [0.25, 0.3) is 4.96 Å². The molecule has 0 amide bonds. The number of hydrogen-bond acceptors (Lipinski definition) is 6. The molecule has 0 atom stereocenters. The largest absolute Gasteiger partial charge is 0.325 e. The molecule has 0 saturated heterocycles. The molecule has 0 saturated carbocycles. The van der Waals surface area contributed by atoms with Gasteiger partial charge in [-0.2, -0.15) is 21.4 Å². The molecule has 5 nitrogen and oxygen atoms in total. The summed E-state index contributed by atoms with van der Waals surface area (Å²) in [6.45, 7) is 5.99. The van der Waals surface area contributed by atoms with Gasteiger partial charge in [-0.05, 0) is 20.3 Å². The summed E-state index contributed by atoms with van der Waals surface area (Å²) in [5.41, 5.74) is 6.41. The highest BCUT2D eigenvalue weighted by molar-refractivity contribution is 7.98. The van der Waals surface area contributed by atoms with E-state index in [9.17, 15) is 4.79 Å². The first-order valence-electron chi connectivity index (χ1n) is 6.14. The van der Waals surface area contributed by atoms with E-state index in [4.69, 9.17) is 5.73 Å². The molecule has 104 valence electrons. The number of aromatic nitrogens is 3. The lowest BCUT2D eigenvalue weighted by Gasteiger charge is -2.17. The second-order valence-corrected chi connectivity index (χ2v) is 7.14. The molecule has 2 rings (SSSR count). The average molecular weight is 298 g/mol. The standard InChI is InChI=1S/C12H18N4OS2/c1-4-9-15-16-10(17)5-8(14-11(16)19-9)6-18-7-12(2,3)13/h5H,4,6-7,13H2,1-3H3. The van der Waals surface area contributed by atoms with Crippen LogP contribution in [0, 0.1) is 0 Å². The van der Waals surface area contributed by atoms with Crippen molar-refractivity contribution in [1.29, 1.82) is 0 Å². The SMILES string of the molecule is CCc1nn2c(=O)cc(CSCC(C)(C)N)nc2s1. The lowest BCUT2D eigenvalue weighted by molar-refractivity contribution is 0.591. The van der Waals surface area contributed by atoms with E-state index in [0.717, 1.165) is 22.9 Å². The van der Waals surface area contributed by atoms with Crippen LogP contribution in [0.3, 0.4) is 0 Å². The summed E-state index contributed by atoms with van der Waals surface area (Å²) in [5.74, 6) is 1.53. The van der Waals surface area contributed by atoms with Gasteiger partial charge in [0, 0.05) is 23.1 Å². The molecular formula is C12H18N4OS2. The van der Waals surface area contributed by atoms with Gasteiger partial charge in [-0.3, -0.25) is 4.79 Å². The Kier molecular flexibility index (Phi) is 4.27. The third-order valence-corrected chi connectivity index (χ3v) is 4.87. The van der Waals surface area contributed by atoms with Crippen LogP contribution in [0.1, 0.15) is 31.5 Å². The minimum Gasteiger partial charge on any atom is -0.325 e. The minimum absolute atomic E-state index is 0.108. The van der Waals surface area contributed by atoms with Crippen LogP contribution in [0.5, 0.6) is 0 Å². The number of fused-ring (bicyclic) bond motifs is 1. The molecule has 2 heterocycles. The fourth-order valence-corrected chi connectivity index (χ4v) is 3.37. The van der Waals surface area contributed by atoms with E-state index in [2.05, 4.69) is 10.1 Å². The lowest BCUT2D eigenvalue weighted by Crippen LogP contribution is -2.34. The van der Waals surface area contributed by atoms with Crippen molar-refractivity contribution < 1.29 is 0 Å². The molecular weight excluding hydrogens is 280 g/mol. The van der Waals surface area contributed by atoms with Crippen molar-refractivity contribution in [2.75, 3.05) is 5.75 Å². The molecule has 2 aromatic heterocycles. The van der Waals surface area contributed by atoms with Gasteiger partial charge in [-0.25, -0.2) is 4.98 Å². The van der Waals surface area contributed by atoms with Crippen molar-refractivity contribution in [1.82, 2.24) is 14.6 Å². The molecule has 7 heteroatoms. The van der Waals surface area contributed by atoms with Crippen molar-refractivity contribution in [3.8, 4) is 0 Å². The van der Waals surface area contributed by atoms with E-state index < -0.39 is 0 Å². The zero-order chi connectivity index (χ0) is 14.0. The van der Waals surface area contributed by atoms with Gasteiger partial charge < -0.3 is 5.73 Å². The van der Waals surface area contributed by atoms with Gasteiger partial charge in [0.2, 0.25) is 4.96 Å². The van der Waals surface area contributed by atoms with Crippen molar-refractivity contribution in [3.05, 3.63) is 27.1 Å². The lowest BCUT2D eigenvalue weighted by atomic mass is 10.1. The first-order valence-corrected chi connectivity index (χ1v) is 8.11. The third kappa shape index (κ3) is 3.77. The molecule has 0 radical (unpaired) electrons. The Morgan fingerprint density at radius 1 is 1.53 bits per heavy atom. The summed E-state index contributed by atoms with van der Waals surface area (Å²) in [7, 11) is 0.